The molecule has 0 aliphatic heterocycles. The molecule has 0 radical (unpaired) electrons. The van der Waals surface area contributed by atoms with Crippen LogP contribution in [0, 0.1) is 46.8 Å². The summed E-state index contributed by atoms with van der Waals surface area (Å²) < 4.78 is 0. The van der Waals surface area contributed by atoms with Crippen molar-refractivity contribution in [3.63, 3.8) is 0 Å². The zero-order valence-electron chi connectivity index (χ0n) is 11.8. The Morgan fingerprint density at radius 1 is 0.824 bits per heavy atom. The number of hydrogen-bond acceptors (Lipinski definition) is 0. The Labute approximate surface area is 107 Å². The van der Waals surface area contributed by atoms with E-state index >= 15 is 0 Å². The van der Waals surface area contributed by atoms with Gasteiger partial charge in [-0.1, -0.05) is 20.8 Å². The monoisotopic (exact) mass is 232 g/mol. The van der Waals surface area contributed by atoms with E-state index in [0.29, 0.717) is 5.41 Å². The summed E-state index contributed by atoms with van der Waals surface area (Å²) in [6.45, 7) is 7.33. The SMILES string of the molecule is CC(C)(C)CC1CC2CC1C1C3CCC(C3)C21. The lowest BCUT2D eigenvalue weighted by Crippen LogP contribution is -2.33. The van der Waals surface area contributed by atoms with Crippen LogP contribution in [-0.4, -0.2) is 0 Å². The summed E-state index contributed by atoms with van der Waals surface area (Å²) in [4.78, 5) is 0. The molecule has 0 heterocycles. The van der Waals surface area contributed by atoms with Crippen LogP contribution in [0.3, 0.4) is 0 Å². The van der Waals surface area contributed by atoms with Crippen molar-refractivity contribution in [1.29, 1.82) is 0 Å². The van der Waals surface area contributed by atoms with Crippen molar-refractivity contribution in [3.8, 4) is 0 Å². The van der Waals surface area contributed by atoms with Crippen LogP contribution >= 0.6 is 0 Å². The van der Waals surface area contributed by atoms with Crippen LogP contribution in [0.1, 0.15) is 59.3 Å². The fourth-order valence-electron chi connectivity index (χ4n) is 6.72. The highest BCUT2D eigenvalue weighted by Gasteiger charge is 2.62. The van der Waals surface area contributed by atoms with Gasteiger partial charge in [0.05, 0.1) is 0 Å². The van der Waals surface area contributed by atoms with Crippen molar-refractivity contribution < 1.29 is 0 Å². The second-order valence-corrected chi connectivity index (χ2v) is 8.91. The quantitative estimate of drug-likeness (QED) is 0.573. The highest BCUT2D eigenvalue weighted by molar-refractivity contribution is 5.10. The van der Waals surface area contributed by atoms with E-state index in [0.717, 1.165) is 17.8 Å². The Bertz CT molecular complexity index is 323. The molecule has 4 rings (SSSR count). The van der Waals surface area contributed by atoms with Gasteiger partial charge in [-0.15, -0.1) is 0 Å². The molecule has 0 amide bonds. The van der Waals surface area contributed by atoms with E-state index in [1.807, 2.05) is 0 Å². The van der Waals surface area contributed by atoms with Gasteiger partial charge in [-0.2, -0.15) is 0 Å². The first-order valence-electron chi connectivity index (χ1n) is 8.03. The van der Waals surface area contributed by atoms with E-state index in [1.54, 1.807) is 32.1 Å². The maximum atomic E-state index is 2.44. The Morgan fingerprint density at radius 3 is 2.24 bits per heavy atom. The van der Waals surface area contributed by atoms with Crippen molar-refractivity contribution >= 4 is 0 Å². The first kappa shape index (κ1) is 10.9. The minimum Gasteiger partial charge on any atom is -0.0602 e. The van der Waals surface area contributed by atoms with Gasteiger partial charge in [0.1, 0.15) is 0 Å². The number of rotatable bonds is 1. The lowest BCUT2D eigenvalue weighted by molar-refractivity contribution is 0.0840. The normalized spacial score (nSPS) is 55.6. The van der Waals surface area contributed by atoms with Gasteiger partial charge in [-0.3, -0.25) is 0 Å². The lowest BCUT2D eigenvalue weighted by Gasteiger charge is -2.40. The molecule has 4 saturated carbocycles. The second-order valence-electron chi connectivity index (χ2n) is 8.91. The second kappa shape index (κ2) is 3.31. The molecular formula is C17H28. The van der Waals surface area contributed by atoms with Crippen molar-refractivity contribution in [3.05, 3.63) is 0 Å². The smallest absolute Gasteiger partial charge is 0.0321 e. The van der Waals surface area contributed by atoms with E-state index in [4.69, 9.17) is 0 Å². The third-order valence-electron chi connectivity index (χ3n) is 6.75. The number of fused-ring (bicyclic) bond motifs is 9. The van der Waals surface area contributed by atoms with Gasteiger partial charge in [0, 0.05) is 0 Å². The Morgan fingerprint density at radius 2 is 1.53 bits per heavy atom. The molecule has 4 aliphatic carbocycles. The summed E-state index contributed by atoms with van der Waals surface area (Å²) in [7, 11) is 0. The van der Waals surface area contributed by atoms with Crippen LogP contribution in [0.25, 0.3) is 0 Å². The first-order valence-corrected chi connectivity index (χ1v) is 8.03. The molecule has 96 valence electrons. The zero-order valence-corrected chi connectivity index (χ0v) is 11.8. The summed E-state index contributed by atoms with van der Waals surface area (Å²) in [5.74, 6) is 8.15. The van der Waals surface area contributed by atoms with E-state index in [9.17, 15) is 0 Å². The van der Waals surface area contributed by atoms with E-state index in [-0.39, 0.29) is 0 Å². The van der Waals surface area contributed by atoms with Gasteiger partial charge < -0.3 is 0 Å². The van der Waals surface area contributed by atoms with E-state index in [1.165, 1.54) is 30.1 Å². The molecule has 0 spiro atoms. The van der Waals surface area contributed by atoms with Crippen LogP contribution in [-0.2, 0) is 0 Å². The summed E-state index contributed by atoms with van der Waals surface area (Å²) >= 11 is 0. The molecule has 4 fully saturated rings. The van der Waals surface area contributed by atoms with Gasteiger partial charge in [-0.25, -0.2) is 0 Å². The molecule has 7 unspecified atom stereocenters. The molecule has 0 heteroatoms. The summed E-state index contributed by atoms with van der Waals surface area (Å²) in [5, 5.41) is 0. The van der Waals surface area contributed by atoms with E-state index < -0.39 is 0 Å². The molecule has 4 aliphatic rings. The molecule has 7 atom stereocenters. The average Bonchev–Trinajstić information content (AvgIpc) is 2.91. The lowest BCUT2D eigenvalue weighted by atomic mass is 9.65. The highest BCUT2D eigenvalue weighted by atomic mass is 14.7. The van der Waals surface area contributed by atoms with Crippen LogP contribution in [0.5, 0.6) is 0 Å². The minimum absolute atomic E-state index is 0.558. The molecule has 0 aromatic rings. The predicted octanol–water partition coefficient (Wildman–Crippen LogP) is 4.74. The van der Waals surface area contributed by atoms with Crippen LogP contribution in [0.4, 0.5) is 0 Å². The first-order chi connectivity index (χ1) is 8.03. The predicted molar refractivity (Wildman–Crippen MR) is 71.6 cm³/mol. The van der Waals surface area contributed by atoms with Gasteiger partial charge in [0.25, 0.3) is 0 Å². The topological polar surface area (TPSA) is 0 Å². The zero-order chi connectivity index (χ0) is 11.8. The largest absolute Gasteiger partial charge is 0.0602 e. The van der Waals surface area contributed by atoms with Crippen LogP contribution < -0.4 is 0 Å². The third kappa shape index (κ3) is 1.48. The molecule has 0 aromatic heterocycles. The maximum Gasteiger partial charge on any atom is -0.0321 e. The summed E-state index contributed by atoms with van der Waals surface area (Å²) in [6, 6.07) is 0. The van der Waals surface area contributed by atoms with Crippen molar-refractivity contribution in [2.24, 2.45) is 46.8 Å². The van der Waals surface area contributed by atoms with Crippen LogP contribution in [0.15, 0.2) is 0 Å². The molecule has 0 nitrogen and oxygen atoms in total. The molecule has 0 N–H and O–H groups in total. The molecule has 4 bridgehead atoms. The fraction of sp³-hybridized carbons (Fsp3) is 1.00. The Balaban J connectivity index is 1.55. The van der Waals surface area contributed by atoms with E-state index in [2.05, 4.69) is 20.8 Å². The summed E-state index contributed by atoms with van der Waals surface area (Å²) in [5.41, 5.74) is 0.558. The van der Waals surface area contributed by atoms with Gasteiger partial charge in [-0.05, 0) is 85.4 Å². The van der Waals surface area contributed by atoms with Crippen molar-refractivity contribution in [1.82, 2.24) is 0 Å². The molecular weight excluding hydrogens is 204 g/mol. The third-order valence-corrected chi connectivity index (χ3v) is 6.75. The average molecular weight is 232 g/mol. The highest BCUT2D eigenvalue weighted by Crippen LogP contribution is 2.69. The van der Waals surface area contributed by atoms with Gasteiger partial charge >= 0.3 is 0 Å². The van der Waals surface area contributed by atoms with Gasteiger partial charge in [0.15, 0.2) is 0 Å². The number of hydrogen-bond donors (Lipinski definition) is 0. The fourth-order valence-corrected chi connectivity index (χ4v) is 6.72. The standard InChI is InChI=1S/C17H28/c1-17(2,3)9-13-7-12-8-14(13)16-11-5-4-10(6-11)15(12)16/h10-16H,4-9H2,1-3H3. The Hall–Kier alpha value is 0. The minimum atomic E-state index is 0.558. The summed E-state index contributed by atoms with van der Waals surface area (Å²) in [6.07, 6.45) is 9.55. The van der Waals surface area contributed by atoms with Crippen molar-refractivity contribution in [2.75, 3.05) is 0 Å². The molecule has 17 heavy (non-hydrogen) atoms. The van der Waals surface area contributed by atoms with Crippen molar-refractivity contribution in [2.45, 2.75) is 59.3 Å². The van der Waals surface area contributed by atoms with Crippen LogP contribution in [0.2, 0.25) is 0 Å². The molecule has 0 aromatic carbocycles. The maximum absolute atomic E-state index is 2.44. The Kier molecular flexibility index (Phi) is 2.12. The molecule has 0 saturated heterocycles. The van der Waals surface area contributed by atoms with Gasteiger partial charge in [0.2, 0.25) is 0 Å².